The Morgan fingerprint density at radius 3 is 2.69 bits per heavy atom. The summed E-state index contributed by atoms with van der Waals surface area (Å²) in [5.41, 5.74) is 4.50. The molecule has 29 heavy (non-hydrogen) atoms. The van der Waals surface area contributed by atoms with Crippen molar-refractivity contribution in [3.05, 3.63) is 76.9 Å². The molecule has 0 fully saturated rings. The topological polar surface area (TPSA) is 58.1 Å². The molecule has 0 radical (unpaired) electrons. The fraction of sp³-hybridized carbons (Fsp3) is 0.261. The minimum Gasteiger partial charge on any atom is -0.363 e. The lowest BCUT2D eigenvalue weighted by molar-refractivity contribution is 0.0787. The predicted octanol–water partition coefficient (Wildman–Crippen LogP) is 4.74. The molecule has 4 rings (SSSR count). The van der Waals surface area contributed by atoms with Crippen molar-refractivity contribution in [2.24, 2.45) is 0 Å². The predicted molar refractivity (Wildman–Crippen MR) is 111 cm³/mol. The van der Waals surface area contributed by atoms with Crippen LogP contribution in [0.2, 0.25) is 0 Å². The van der Waals surface area contributed by atoms with E-state index in [1.807, 2.05) is 39.0 Å². The van der Waals surface area contributed by atoms with Crippen LogP contribution in [0.1, 0.15) is 46.9 Å². The van der Waals surface area contributed by atoms with Crippen LogP contribution >= 0.6 is 0 Å². The monoisotopic (exact) mass is 390 g/mol. The molecule has 0 saturated carbocycles. The quantitative estimate of drug-likeness (QED) is 0.684. The molecule has 3 aromatic rings. The van der Waals surface area contributed by atoms with Gasteiger partial charge in [-0.05, 0) is 56.2 Å². The fourth-order valence-electron chi connectivity index (χ4n) is 3.59. The summed E-state index contributed by atoms with van der Waals surface area (Å²) in [5, 5.41) is 3.35. The third-order valence-electron chi connectivity index (χ3n) is 5.34. The lowest BCUT2D eigenvalue weighted by atomic mass is 10.0. The van der Waals surface area contributed by atoms with Crippen LogP contribution in [0, 0.1) is 12.7 Å². The molecule has 5 nitrogen and oxygen atoms in total. The van der Waals surface area contributed by atoms with Crippen LogP contribution in [-0.2, 0) is 6.54 Å². The second-order valence-corrected chi connectivity index (χ2v) is 7.33. The molecular weight excluding hydrogens is 367 g/mol. The number of anilines is 1. The van der Waals surface area contributed by atoms with Crippen molar-refractivity contribution >= 4 is 11.7 Å². The number of aromatic nitrogens is 2. The molecule has 0 unspecified atom stereocenters. The first-order chi connectivity index (χ1) is 14.0. The van der Waals surface area contributed by atoms with Crippen LogP contribution < -0.4 is 5.32 Å². The van der Waals surface area contributed by atoms with E-state index in [-0.39, 0.29) is 17.8 Å². The Labute approximate surface area is 169 Å². The Kier molecular flexibility index (Phi) is 5.01. The molecule has 1 N–H and O–H groups in total. The van der Waals surface area contributed by atoms with E-state index in [2.05, 4.69) is 15.3 Å². The number of carbonyl (C=O) groups excluding carboxylic acids is 1. The maximum atomic E-state index is 14.8. The summed E-state index contributed by atoms with van der Waals surface area (Å²) in [6.45, 7) is 7.06. The molecule has 0 bridgehead atoms. The van der Waals surface area contributed by atoms with Crippen LogP contribution in [0.15, 0.2) is 48.8 Å². The van der Waals surface area contributed by atoms with Crippen molar-refractivity contribution in [2.75, 3.05) is 11.9 Å². The van der Waals surface area contributed by atoms with E-state index >= 15 is 0 Å². The first-order valence-electron chi connectivity index (χ1n) is 9.74. The summed E-state index contributed by atoms with van der Waals surface area (Å²) in [6.07, 6.45) is 3.37. The number of benzene rings is 1. The van der Waals surface area contributed by atoms with E-state index in [1.54, 1.807) is 29.4 Å². The first-order valence-corrected chi connectivity index (χ1v) is 9.74. The van der Waals surface area contributed by atoms with E-state index < -0.39 is 0 Å². The Balaban J connectivity index is 1.57. The minimum absolute atomic E-state index is 0.0293. The molecule has 0 aliphatic carbocycles. The number of halogens is 1. The number of nitrogens with zero attached hydrogens (tertiary/aromatic N) is 3. The Morgan fingerprint density at radius 2 is 2.00 bits per heavy atom. The molecular formula is C23H23FN4O. The average Bonchev–Trinajstić information content (AvgIpc) is 3.05. The molecule has 1 aliphatic heterocycles. The third kappa shape index (κ3) is 3.58. The van der Waals surface area contributed by atoms with Gasteiger partial charge >= 0.3 is 0 Å². The van der Waals surface area contributed by atoms with Gasteiger partial charge in [0.15, 0.2) is 0 Å². The van der Waals surface area contributed by atoms with Gasteiger partial charge in [-0.2, -0.15) is 0 Å². The fourth-order valence-corrected chi connectivity index (χ4v) is 3.59. The summed E-state index contributed by atoms with van der Waals surface area (Å²) in [7, 11) is 0. The summed E-state index contributed by atoms with van der Waals surface area (Å²) in [4.78, 5) is 22.9. The van der Waals surface area contributed by atoms with Crippen LogP contribution in [0.3, 0.4) is 0 Å². The Bertz CT molecular complexity index is 1060. The molecule has 0 saturated heterocycles. The number of hydrogen-bond acceptors (Lipinski definition) is 4. The van der Waals surface area contributed by atoms with Crippen molar-refractivity contribution < 1.29 is 9.18 Å². The van der Waals surface area contributed by atoms with Crippen LogP contribution in [0.5, 0.6) is 0 Å². The van der Waals surface area contributed by atoms with Gasteiger partial charge in [0.2, 0.25) is 0 Å². The first kappa shape index (κ1) is 19.1. The molecule has 6 heteroatoms. The van der Waals surface area contributed by atoms with Gasteiger partial charge in [0, 0.05) is 35.6 Å². The molecule has 2 aromatic heterocycles. The molecule has 148 valence electrons. The van der Waals surface area contributed by atoms with Crippen molar-refractivity contribution in [1.29, 1.82) is 0 Å². The highest BCUT2D eigenvalue weighted by Crippen LogP contribution is 2.31. The molecule has 1 aliphatic rings. The number of carbonyl (C=O) groups is 1. The van der Waals surface area contributed by atoms with Gasteiger partial charge in [0.25, 0.3) is 5.91 Å². The maximum absolute atomic E-state index is 14.8. The summed E-state index contributed by atoms with van der Waals surface area (Å²) in [6, 6.07) is 10.5. The van der Waals surface area contributed by atoms with Gasteiger partial charge in [-0.1, -0.05) is 12.1 Å². The summed E-state index contributed by atoms with van der Waals surface area (Å²) in [5.74, 6) is 0.386. The van der Waals surface area contributed by atoms with Gasteiger partial charge in [-0.3, -0.25) is 9.78 Å². The highest BCUT2D eigenvalue weighted by Gasteiger charge is 2.29. The second-order valence-electron chi connectivity index (χ2n) is 7.33. The SMILES string of the molecule is CCN1Cc2c(ccnc2N[C@@H](C)c2ccc(-c3ccc(C)cn3)c(F)c2)C1=O. The van der Waals surface area contributed by atoms with E-state index in [9.17, 15) is 9.18 Å². The Morgan fingerprint density at radius 1 is 1.17 bits per heavy atom. The van der Waals surface area contributed by atoms with Crippen LogP contribution in [0.25, 0.3) is 11.3 Å². The van der Waals surface area contributed by atoms with Gasteiger partial charge < -0.3 is 10.2 Å². The number of aryl methyl sites for hydroxylation is 1. The maximum Gasteiger partial charge on any atom is 0.254 e. The zero-order chi connectivity index (χ0) is 20.5. The average molecular weight is 390 g/mol. The zero-order valence-corrected chi connectivity index (χ0v) is 16.7. The van der Waals surface area contributed by atoms with Crippen molar-refractivity contribution in [2.45, 2.75) is 33.4 Å². The van der Waals surface area contributed by atoms with Crippen LogP contribution in [0.4, 0.5) is 10.2 Å². The van der Waals surface area contributed by atoms with E-state index in [4.69, 9.17) is 0 Å². The third-order valence-corrected chi connectivity index (χ3v) is 5.34. The van der Waals surface area contributed by atoms with Crippen LogP contribution in [-0.4, -0.2) is 27.3 Å². The lowest BCUT2D eigenvalue weighted by Crippen LogP contribution is -2.22. The van der Waals surface area contributed by atoms with Gasteiger partial charge in [0.05, 0.1) is 18.3 Å². The van der Waals surface area contributed by atoms with Crippen molar-refractivity contribution in [1.82, 2.24) is 14.9 Å². The van der Waals surface area contributed by atoms with Crippen molar-refractivity contribution in [3.63, 3.8) is 0 Å². The van der Waals surface area contributed by atoms with E-state index in [0.29, 0.717) is 35.7 Å². The summed E-state index contributed by atoms with van der Waals surface area (Å²) >= 11 is 0. The Hall–Kier alpha value is -3.28. The zero-order valence-electron chi connectivity index (χ0n) is 16.7. The normalized spacial score (nSPS) is 14.1. The molecule has 1 aromatic carbocycles. The minimum atomic E-state index is -0.314. The number of pyridine rings is 2. The largest absolute Gasteiger partial charge is 0.363 e. The highest BCUT2D eigenvalue weighted by atomic mass is 19.1. The summed E-state index contributed by atoms with van der Waals surface area (Å²) < 4.78 is 14.8. The second kappa shape index (κ2) is 7.62. The number of fused-ring (bicyclic) bond motifs is 1. The highest BCUT2D eigenvalue weighted by molar-refractivity contribution is 5.99. The number of rotatable bonds is 5. The molecule has 1 amide bonds. The molecule has 1 atom stereocenters. The van der Waals surface area contributed by atoms with Gasteiger partial charge in [0.1, 0.15) is 11.6 Å². The van der Waals surface area contributed by atoms with E-state index in [1.165, 1.54) is 6.07 Å². The number of nitrogens with one attached hydrogen (secondary N) is 1. The van der Waals surface area contributed by atoms with Gasteiger partial charge in [-0.25, -0.2) is 9.37 Å². The van der Waals surface area contributed by atoms with E-state index in [0.717, 1.165) is 16.7 Å². The smallest absolute Gasteiger partial charge is 0.254 e. The lowest BCUT2D eigenvalue weighted by Gasteiger charge is -2.18. The standard InChI is InChI=1S/C23H23FN4O/c1-4-28-13-19-17(23(28)29)9-10-25-22(19)27-15(3)16-6-7-18(20(24)11-16)21-8-5-14(2)12-26-21/h5-12,15H,4,13H2,1-3H3,(H,25,27)/t15-/m0/s1. The molecule has 0 spiro atoms. The number of hydrogen-bond donors (Lipinski definition) is 1. The molecule has 3 heterocycles. The van der Waals surface area contributed by atoms with Gasteiger partial charge in [-0.15, -0.1) is 0 Å². The van der Waals surface area contributed by atoms with Crippen molar-refractivity contribution in [3.8, 4) is 11.3 Å². The number of amides is 1.